The average Bonchev–Trinajstić information content (AvgIpc) is 3.23. The van der Waals surface area contributed by atoms with Crippen LogP contribution in [0.2, 0.25) is 0 Å². The van der Waals surface area contributed by atoms with Crippen LogP contribution in [0.25, 0.3) is 0 Å². The van der Waals surface area contributed by atoms with Crippen LogP contribution in [0.5, 0.6) is 11.5 Å². The van der Waals surface area contributed by atoms with E-state index in [0.717, 1.165) is 6.42 Å². The molecule has 0 aliphatic carbocycles. The molecule has 2 aromatic rings. The lowest BCUT2D eigenvalue weighted by atomic mass is 10.1. The van der Waals surface area contributed by atoms with Crippen molar-refractivity contribution in [1.29, 1.82) is 0 Å². The molecule has 2 amide bonds. The highest BCUT2D eigenvalue weighted by Gasteiger charge is 2.23. The van der Waals surface area contributed by atoms with Crippen molar-refractivity contribution in [2.75, 3.05) is 31.5 Å². The van der Waals surface area contributed by atoms with Gasteiger partial charge in [0.05, 0.1) is 14.2 Å². The molecule has 0 saturated carbocycles. The maximum absolute atomic E-state index is 12.5. The lowest BCUT2D eigenvalue weighted by Crippen LogP contribution is -2.27. The summed E-state index contributed by atoms with van der Waals surface area (Å²) in [5.41, 5.74) is 1.55. The molecule has 1 atom stereocenters. The fourth-order valence-corrected chi connectivity index (χ4v) is 2.86. The third kappa shape index (κ3) is 4.57. The van der Waals surface area contributed by atoms with E-state index < -0.39 is 6.10 Å². The number of nitrogens with one attached hydrogen (secondary N) is 2. The van der Waals surface area contributed by atoms with E-state index in [4.69, 9.17) is 14.2 Å². The van der Waals surface area contributed by atoms with Gasteiger partial charge in [-0.3, -0.25) is 9.59 Å². The predicted molar refractivity (Wildman–Crippen MR) is 102 cm³/mol. The van der Waals surface area contributed by atoms with Crippen LogP contribution in [0.15, 0.2) is 42.5 Å². The van der Waals surface area contributed by atoms with E-state index in [1.807, 2.05) is 0 Å². The Labute approximate surface area is 157 Å². The molecule has 7 heteroatoms. The second-order valence-electron chi connectivity index (χ2n) is 6.10. The molecule has 0 bridgehead atoms. The summed E-state index contributed by atoms with van der Waals surface area (Å²) in [4.78, 5) is 24.7. The first-order valence-electron chi connectivity index (χ1n) is 8.66. The Balaban J connectivity index is 1.69. The van der Waals surface area contributed by atoms with Gasteiger partial charge in [-0.05, 0) is 43.2 Å². The monoisotopic (exact) mass is 370 g/mol. The highest BCUT2D eigenvalue weighted by Crippen LogP contribution is 2.30. The summed E-state index contributed by atoms with van der Waals surface area (Å²) in [6.45, 7) is 0.603. The number of hydrogen-bond acceptors (Lipinski definition) is 5. The van der Waals surface area contributed by atoms with E-state index in [-0.39, 0.29) is 11.8 Å². The fraction of sp³-hybridized carbons (Fsp3) is 0.300. The molecule has 1 unspecified atom stereocenters. The number of carbonyl (C=O) groups excluding carboxylic acids is 2. The van der Waals surface area contributed by atoms with Gasteiger partial charge in [-0.25, -0.2) is 0 Å². The van der Waals surface area contributed by atoms with Gasteiger partial charge in [0.25, 0.3) is 11.8 Å². The van der Waals surface area contributed by atoms with Crippen molar-refractivity contribution in [3.63, 3.8) is 0 Å². The van der Waals surface area contributed by atoms with Gasteiger partial charge in [-0.2, -0.15) is 0 Å². The van der Waals surface area contributed by atoms with Crippen molar-refractivity contribution in [3.8, 4) is 11.5 Å². The zero-order valence-corrected chi connectivity index (χ0v) is 15.3. The standard InChI is InChI=1S/C20H22N2O5/c1-25-16-9-8-15(12-18(16)26-2)21-19(23)13-5-3-6-14(11-13)22-20(24)17-7-4-10-27-17/h3,5-6,8-9,11-12,17H,4,7,10H2,1-2H3,(H,21,23)(H,22,24). The number of carbonyl (C=O) groups is 2. The number of anilines is 2. The quantitative estimate of drug-likeness (QED) is 0.816. The Bertz CT molecular complexity index is 831. The lowest BCUT2D eigenvalue weighted by molar-refractivity contribution is -0.124. The molecule has 1 saturated heterocycles. The smallest absolute Gasteiger partial charge is 0.255 e. The number of hydrogen-bond donors (Lipinski definition) is 2. The summed E-state index contributed by atoms with van der Waals surface area (Å²) < 4.78 is 15.8. The summed E-state index contributed by atoms with van der Waals surface area (Å²) in [7, 11) is 3.08. The van der Waals surface area contributed by atoms with Gasteiger partial charge in [0, 0.05) is 29.6 Å². The minimum absolute atomic E-state index is 0.190. The van der Waals surface area contributed by atoms with Crippen LogP contribution in [0.1, 0.15) is 23.2 Å². The molecule has 2 N–H and O–H groups in total. The number of amides is 2. The Morgan fingerprint density at radius 1 is 1.00 bits per heavy atom. The second kappa shape index (κ2) is 8.55. The molecule has 142 valence electrons. The van der Waals surface area contributed by atoms with Crippen molar-refractivity contribution < 1.29 is 23.8 Å². The molecule has 0 radical (unpaired) electrons. The Kier molecular flexibility index (Phi) is 5.93. The van der Waals surface area contributed by atoms with Gasteiger partial charge in [0.15, 0.2) is 11.5 Å². The third-order valence-electron chi connectivity index (χ3n) is 4.26. The van der Waals surface area contributed by atoms with Crippen molar-refractivity contribution in [1.82, 2.24) is 0 Å². The molecule has 7 nitrogen and oxygen atoms in total. The van der Waals surface area contributed by atoms with Crippen LogP contribution in [-0.2, 0) is 9.53 Å². The van der Waals surface area contributed by atoms with Crippen molar-refractivity contribution >= 4 is 23.2 Å². The molecule has 1 aliphatic heterocycles. The van der Waals surface area contributed by atoms with E-state index in [1.54, 1.807) is 49.6 Å². The lowest BCUT2D eigenvalue weighted by Gasteiger charge is -2.12. The Morgan fingerprint density at radius 2 is 1.78 bits per heavy atom. The number of methoxy groups -OCH3 is 2. The van der Waals surface area contributed by atoms with Gasteiger partial charge in [0.1, 0.15) is 6.10 Å². The SMILES string of the molecule is COc1ccc(NC(=O)c2cccc(NC(=O)C3CCCO3)c2)cc1OC. The Morgan fingerprint density at radius 3 is 2.48 bits per heavy atom. The molecule has 3 rings (SSSR count). The number of benzene rings is 2. The van der Waals surface area contributed by atoms with Gasteiger partial charge in [-0.15, -0.1) is 0 Å². The van der Waals surface area contributed by atoms with E-state index in [0.29, 0.717) is 41.5 Å². The summed E-state index contributed by atoms with van der Waals surface area (Å²) in [5.74, 6) is 0.614. The van der Waals surface area contributed by atoms with Crippen LogP contribution in [0.3, 0.4) is 0 Å². The molecule has 0 spiro atoms. The first kappa shape index (κ1) is 18.7. The third-order valence-corrected chi connectivity index (χ3v) is 4.26. The van der Waals surface area contributed by atoms with Crippen molar-refractivity contribution in [2.45, 2.75) is 18.9 Å². The van der Waals surface area contributed by atoms with Gasteiger partial charge in [0.2, 0.25) is 0 Å². The minimum atomic E-state index is -0.422. The van der Waals surface area contributed by atoms with E-state index >= 15 is 0 Å². The van der Waals surface area contributed by atoms with Gasteiger partial charge in [-0.1, -0.05) is 6.07 Å². The van der Waals surface area contributed by atoms with E-state index in [9.17, 15) is 9.59 Å². The van der Waals surface area contributed by atoms with Crippen molar-refractivity contribution in [3.05, 3.63) is 48.0 Å². The second-order valence-corrected chi connectivity index (χ2v) is 6.10. The highest BCUT2D eigenvalue weighted by molar-refractivity contribution is 6.05. The summed E-state index contributed by atoms with van der Waals surface area (Å²) in [6.07, 6.45) is 1.17. The normalized spacial score (nSPS) is 15.9. The van der Waals surface area contributed by atoms with E-state index in [2.05, 4.69) is 10.6 Å². The van der Waals surface area contributed by atoms with E-state index in [1.165, 1.54) is 7.11 Å². The first-order chi connectivity index (χ1) is 13.1. The first-order valence-corrected chi connectivity index (χ1v) is 8.66. The average molecular weight is 370 g/mol. The maximum Gasteiger partial charge on any atom is 0.255 e. The van der Waals surface area contributed by atoms with Crippen LogP contribution in [0, 0.1) is 0 Å². The summed E-state index contributed by atoms with van der Waals surface area (Å²) in [6, 6.07) is 11.9. The predicted octanol–water partition coefficient (Wildman–Crippen LogP) is 3.07. The molecule has 2 aromatic carbocycles. The molecule has 1 heterocycles. The van der Waals surface area contributed by atoms with Crippen LogP contribution >= 0.6 is 0 Å². The van der Waals surface area contributed by atoms with Crippen LogP contribution in [-0.4, -0.2) is 38.7 Å². The minimum Gasteiger partial charge on any atom is -0.493 e. The zero-order chi connectivity index (χ0) is 19.2. The zero-order valence-electron chi connectivity index (χ0n) is 15.3. The fourth-order valence-electron chi connectivity index (χ4n) is 2.86. The summed E-state index contributed by atoms with van der Waals surface area (Å²) >= 11 is 0. The highest BCUT2D eigenvalue weighted by atomic mass is 16.5. The van der Waals surface area contributed by atoms with Gasteiger partial charge >= 0.3 is 0 Å². The van der Waals surface area contributed by atoms with Crippen LogP contribution in [0.4, 0.5) is 11.4 Å². The number of rotatable bonds is 6. The molecular weight excluding hydrogens is 348 g/mol. The largest absolute Gasteiger partial charge is 0.493 e. The molecular formula is C20H22N2O5. The molecule has 0 aromatic heterocycles. The molecule has 1 fully saturated rings. The van der Waals surface area contributed by atoms with Crippen LogP contribution < -0.4 is 20.1 Å². The maximum atomic E-state index is 12.5. The molecule has 27 heavy (non-hydrogen) atoms. The van der Waals surface area contributed by atoms with Crippen molar-refractivity contribution in [2.24, 2.45) is 0 Å². The molecule has 1 aliphatic rings. The Hall–Kier alpha value is -3.06. The summed E-state index contributed by atoms with van der Waals surface area (Å²) in [5, 5.41) is 5.60. The number of ether oxygens (including phenoxy) is 3. The topological polar surface area (TPSA) is 85.9 Å². The van der Waals surface area contributed by atoms with Gasteiger partial charge < -0.3 is 24.8 Å².